The lowest BCUT2D eigenvalue weighted by atomic mass is 10.3. The Morgan fingerprint density at radius 2 is 2.12 bits per heavy atom. The summed E-state index contributed by atoms with van der Waals surface area (Å²) < 4.78 is 1.76. The lowest BCUT2D eigenvalue weighted by molar-refractivity contribution is -0.384. The third-order valence-corrected chi connectivity index (χ3v) is 3.43. The van der Waals surface area contributed by atoms with Crippen LogP contribution in [0.4, 0.5) is 16.2 Å². The molecule has 0 atom stereocenters. The van der Waals surface area contributed by atoms with E-state index in [0.29, 0.717) is 16.4 Å². The number of rotatable bonds is 4. The van der Waals surface area contributed by atoms with Crippen LogP contribution in [-0.2, 0) is 6.54 Å². The normalized spacial score (nSPS) is 10.5. The molecule has 8 nitrogen and oxygen atoms in total. The zero-order valence-corrected chi connectivity index (χ0v) is 13.0. The molecule has 0 saturated heterocycles. The first-order valence-electron chi connectivity index (χ1n) is 6.94. The maximum atomic E-state index is 11.9. The molecule has 0 saturated carbocycles. The van der Waals surface area contributed by atoms with E-state index in [1.807, 2.05) is 0 Å². The largest absolute Gasteiger partial charge is 0.332 e. The summed E-state index contributed by atoms with van der Waals surface area (Å²) in [6.07, 6.45) is 3.48. The predicted molar refractivity (Wildman–Crippen MR) is 89.2 cm³/mol. The van der Waals surface area contributed by atoms with Crippen molar-refractivity contribution >= 4 is 34.7 Å². The molecule has 2 amide bonds. The van der Waals surface area contributed by atoms with E-state index in [9.17, 15) is 14.9 Å². The van der Waals surface area contributed by atoms with Crippen LogP contribution in [0.15, 0.2) is 48.8 Å². The molecule has 24 heavy (non-hydrogen) atoms. The first kappa shape index (κ1) is 15.8. The number of amides is 2. The lowest BCUT2D eigenvalue weighted by Crippen LogP contribution is -2.28. The average Bonchev–Trinajstić information content (AvgIpc) is 2.95. The van der Waals surface area contributed by atoms with Gasteiger partial charge in [-0.2, -0.15) is 0 Å². The maximum Gasteiger partial charge on any atom is 0.319 e. The van der Waals surface area contributed by atoms with Crippen molar-refractivity contribution in [2.24, 2.45) is 0 Å². The first-order valence-corrected chi connectivity index (χ1v) is 7.31. The van der Waals surface area contributed by atoms with Gasteiger partial charge in [0, 0.05) is 30.2 Å². The van der Waals surface area contributed by atoms with Crippen LogP contribution >= 0.6 is 11.6 Å². The third-order valence-electron chi connectivity index (χ3n) is 3.21. The van der Waals surface area contributed by atoms with Gasteiger partial charge in [-0.25, -0.2) is 9.78 Å². The van der Waals surface area contributed by atoms with Gasteiger partial charge in [-0.05, 0) is 18.2 Å². The SMILES string of the molecule is O=C(NCc1cn2cc(Cl)ccc2n1)Nc1cccc([N+](=O)[O-])c1. The summed E-state index contributed by atoms with van der Waals surface area (Å²) >= 11 is 5.90. The van der Waals surface area contributed by atoms with Crippen molar-refractivity contribution in [3.05, 3.63) is 69.6 Å². The zero-order valence-electron chi connectivity index (χ0n) is 12.3. The number of nitrogens with zero attached hydrogens (tertiary/aromatic N) is 3. The minimum absolute atomic E-state index is 0.0926. The Hall–Kier alpha value is -3.13. The van der Waals surface area contributed by atoms with E-state index in [1.165, 1.54) is 18.2 Å². The number of anilines is 1. The number of carbonyl (C=O) groups is 1. The second-order valence-electron chi connectivity index (χ2n) is 4.96. The molecule has 2 aromatic heterocycles. The first-order chi connectivity index (χ1) is 11.5. The van der Waals surface area contributed by atoms with Crippen molar-refractivity contribution in [3.63, 3.8) is 0 Å². The number of halogens is 1. The highest BCUT2D eigenvalue weighted by Gasteiger charge is 2.09. The van der Waals surface area contributed by atoms with Crippen LogP contribution in [0.1, 0.15) is 5.69 Å². The minimum Gasteiger partial charge on any atom is -0.332 e. The molecule has 0 radical (unpaired) electrons. The van der Waals surface area contributed by atoms with E-state index in [2.05, 4.69) is 15.6 Å². The van der Waals surface area contributed by atoms with E-state index in [1.54, 1.807) is 35.0 Å². The van der Waals surface area contributed by atoms with Gasteiger partial charge in [-0.15, -0.1) is 0 Å². The second kappa shape index (κ2) is 6.55. The van der Waals surface area contributed by atoms with Crippen LogP contribution in [0.2, 0.25) is 5.02 Å². The molecule has 0 bridgehead atoms. The quantitative estimate of drug-likeness (QED) is 0.560. The molecule has 3 rings (SSSR count). The van der Waals surface area contributed by atoms with Crippen molar-refractivity contribution in [1.82, 2.24) is 14.7 Å². The molecule has 122 valence electrons. The van der Waals surface area contributed by atoms with Crippen LogP contribution in [-0.4, -0.2) is 20.3 Å². The number of pyridine rings is 1. The monoisotopic (exact) mass is 345 g/mol. The van der Waals surface area contributed by atoms with E-state index in [4.69, 9.17) is 11.6 Å². The highest BCUT2D eigenvalue weighted by molar-refractivity contribution is 6.30. The van der Waals surface area contributed by atoms with Gasteiger partial charge < -0.3 is 15.0 Å². The number of carbonyl (C=O) groups excluding carboxylic acids is 1. The maximum absolute atomic E-state index is 11.9. The number of nitro benzene ring substituents is 1. The summed E-state index contributed by atoms with van der Waals surface area (Å²) in [5.41, 5.74) is 1.62. The van der Waals surface area contributed by atoms with Gasteiger partial charge in [-0.1, -0.05) is 17.7 Å². The van der Waals surface area contributed by atoms with Crippen LogP contribution in [0.3, 0.4) is 0 Å². The smallest absolute Gasteiger partial charge is 0.319 e. The van der Waals surface area contributed by atoms with E-state index in [0.717, 1.165) is 5.65 Å². The molecule has 2 heterocycles. The summed E-state index contributed by atoms with van der Waals surface area (Å²) in [7, 11) is 0. The number of hydrogen-bond donors (Lipinski definition) is 2. The van der Waals surface area contributed by atoms with Crippen molar-refractivity contribution in [3.8, 4) is 0 Å². The molecular formula is C15H12ClN5O3. The van der Waals surface area contributed by atoms with Gasteiger partial charge in [0.15, 0.2) is 0 Å². The van der Waals surface area contributed by atoms with Crippen molar-refractivity contribution in [2.45, 2.75) is 6.54 Å². The van der Waals surface area contributed by atoms with Gasteiger partial charge in [0.2, 0.25) is 0 Å². The number of nitro groups is 1. The number of aromatic nitrogens is 2. The van der Waals surface area contributed by atoms with E-state index >= 15 is 0 Å². The number of benzene rings is 1. The molecular weight excluding hydrogens is 334 g/mol. The fraction of sp³-hybridized carbons (Fsp3) is 0.0667. The molecule has 0 aliphatic carbocycles. The predicted octanol–water partition coefficient (Wildman–Crippen LogP) is 3.22. The van der Waals surface area contributed by atoms with E-state index < -0.39 is 11.0 Å². The number of hydrogen-bond acceptors (Lipinski definition) is 4. The van der Waals surface area contributed by atoms with Gasteiger partial charge in [0.1, 0.15) is 5.65 Å². The number of urea groups is 1. The third kappa shape index (κ3) is 3.61. The Morgan fingerprint density at radius 3 is 2.92 bits per heavy atom. The molecule has 9 heteroatoms. The van der Waals surface area contributed by atoms with Crippen LogP contribution < -0.4 is 10.6 Å². The summed E-state index contributed by atoms with van der Waals surface area (Å²) in [4.78, 5) is 26.4. The fourth-order valence-electron chi connectivity index (χ4n) is 2.15. The lowest BCUT2D eigenvalue weighted by Gasteiger charge is -2.06. The minimum atomic E-state index is -0.523. The Balaban J connectivity index is 1.62. The Morgan fingerprint density at radius 1 is 1.29 bits per heavy atom. The average molecular weight is 346 g/mol. The number of imidazole rings is 1. The molecule has 0 unspecified atom stereocenters. The highest BCUT2D eigenvalue weighted by atomic mass is 35.5. The number of non-ortho nitro benzene ring substituents is 1. The van der Waals surface area contributed by atoms with Gasteiger partial charge >= 0.3 is 6.03 Å². The second-order valence-corrected chi connectivity index (χ2v) is 5.40. The van der Waals surface area contributed by atoms with Gasteiger partial charge in [0.05, 0.1) is 22.2 Å². The Labute approximate surface area is 141 Å². The van der Waals surface area contributed by atoms with Crippen LogP contribution in [0.5, 0.6) is 0 Å². The molecule has 0 aliphatic rings. The Kier molecular flexibility index (Phi) is 4.30. The van der Waals surface area contributed by atoms with Gasteiger partial charge in [0.25, 0.3) is 5.69 Å². The number of fused-ring (bicyclic) bond motifs is 1. The summed E-state index contributed by atoms with van der Waals surface area (Å²) in [5.74, 6) is 0. The molecule has 0 aliphatic heterocycles. The van der Waals surface area contributed by atoms with Gasteiger partial charge in [-0.3, -0.25) is 10.1 Å². The topological polar surface area (TPSA) is 102 Å². The van der Waals surface area contributed by atoms with Crippen molar-refractivity contribution in [2.75, 3.05) is 5.32 Å². The van der Waals surface area contributed by atoms with Crippen molar-refractivity contribution < 1.29 is 9.72 Å². The summed E-state index contributed by atoms with van der Waals surface area (Å²) in [6.45, 7) is 0.208. The summed E-state index contributed by atoms with van der Waals surface area (Å²) in [6, 6.07) is 8.73. The summed E-state index contributed by atoms with van der Waals surface area (Å²) in [5, 5.41) is 16.5. The molecule has 0 fully saturated rings. The molecule has 3 aromatic rings. The molecule has 2 N–H and O–H groups in total. The number of nitrogens with one attached hydrogen (secondary N) is 2. The Bertz CT molecular complexity index is 924. The molecule has 1 aromatic carbocycles. The molecule has 0 spiro atoms. The fourth-order valence-corrected chi connectivity index (χ4v) is 2.31. The standard InChI is InChI=1S/C15H12ClN5O3/c16-10-4-5-14-18-12(9-20(14)8-10)7-17-15(22)19-11-2-1-3-13(6-11)21(23)24/h1-6,8-9H,7H2,(H2,17,19,22). The van der Waals surface area contributed by atoms with Crippen LogP contribution in [0.25, 0.3) is 5.65 Å². The van der Waals surface area contributed by atoms with Crippen LogP contribution in [0, 0.1) is 10.1 Å². The zero-order chi connectivity index (χ0) is 17.1. The van der Waals surface area contributed by atoms with E-state index in [-0.39, 0.29) is 12.2 Å². The highest BCUT2D eigenvalue weighted by Crippen LogP contribution is 2.17. The van der Waals surface area contributed by atoms with Crippen molar-refractivity contribution in [1.29, 1.82) is 0 Å².